The molecule has 1 heterocycles. The third-order valence-electron chi connectivity index (χ3n) is 3.53. The molecular weight excluding hydrogens is 284 g/mol. The summed E-state index contributed by atoms with van der Waals surface area (Å²) in [5, 5.41) is 6.68. The fraction of sp³-hybridized carbons (Fsp3) is 0.158. The topological polar surface area (TPSA) is 49.8 Å². The second kappa shape index (κ2) is 6.48. The maximum Gasteiger partial charge on any atom is 0.136 e. The van der Waals surface area contributed by atoms with Gasteiger partial charge in [0.1, 0.15) is 17.5 Å². The zero-order chi connectivity index (χ0) is 16.2. The van der Waals surface area contributed by atoms with Gasteiger partial charge in [0.15, 0.2) is 0 Å². The third-order valence-corrected chi connectivity index (χ3v) is 3.53. The van der Waals surface area contributed by atoms with Gasteiger partial charge >= 0.3 is 0 Å². The molecule has 4 nitrogen and oxygen atoms in total. The minimum atomic E-state index is 0.721. The molecule has 0 atom stereocenters. The van der Waals surface area contributed by atoms with Crippen LogP contribution in [0.1, 0.15) is 17.0 Å². The van der Waals surface area contributed by atoms with Crippen LogP contribution >= 0.6 is 0 Å². The van der Waals surface area contributed by atoms with Crippen molar-refractivity contribution in [3.63, 3.8) is 0 Å². The first-order valence-corrected chi connectivity index (χ1v) is 7.62. The number of para-hydroxylation sites is 1. The number of aryl methyl sites for hydroxylation is 3. The number of benzene rings is 2. The second-order valence-corrected chi connectivity index (χ2v) is 5.62. The van der Waals surface area contributed by atoms with Crippen LogP contribution in [0.25, 0.3) is 0 Å². The third kappa shape index (κ3) is 3.86. The zero-order valence-corrected chi connectivity index (χ0v) is 13.6. The van der Waals surface area contributed by atoms with Crippen molar-refractivity contribution in [3.05, 3.63) is 71.5 Å². The predicted molar refractivity (Wildman–Crippen MR) is 95.7 cm³/mol. The molecule has 0 aliphatic heterocycles. The van der Waals surface area contributed by atoms with Crippen molar-refractivity contribution < 1.29 is 0 Å². The van der Waals surface area contributed by atoms with E-state index < -0.39 is 0 Å². The van der Waals surface area contributed by atoms with Crippen LogP contribution < -0.4 is 10.6 Å². The first kappa shape index (κ1) is 15.0. The van der Waals surface area contributed by atoms with Crippen molar-refractivity contribution in [1.82, 2.24) is 9.97 Å². The Morgan fingerprint density at radius 3 is 2.13 bits per heavy atom. The van der Waals surface area contributed by atoms with Crippen LogP contribution in [0, 0.1) is 20.8 Å². The normalized spacial score (nSPS) is 10.4. The molecule has 0 aliphatic carbocycles. The average molecular weight is 304 g/mol. The molecule has 0 bridgehead atoms. The lowest BCUT2D eigenvalue weighted by molar-refractivity contribution is 1.06. The summed E-state index contributed by atoms with van der Waals surface area (Å²) in [6.45, 7) is 6.07. The van der Waals surface area contributed by atoms with Crippen LogP contribution in [0.15, 0.2) is 54.6 Å². The van der Waals surface area contributed by atoms with Crippen molar-refractivity contribution in [2.75, 3.05) is 10.6 Å². The molecule has 1 aromatic heterocycles. The van der Waals surface area contributed by atoms with Crippen LogP contribution in [0.4, 0.5) is 23.0 Å². The summed E-state index contributed by atoms with van der Waals surface area (Å²) in [7, 11) is 0. The highest BCUT2D eigenvalue weighted by molar-refractivity contribution is 5.65. The number of aromatic nitrogens is 2. The molecule has 116 valence electrons. The Morgan fingerprint density at radius 2 is 1.43 bits per heavy atom. The Morgan fingerprint density at radius 1 is 0.739 bits per heavy atom. The Labute approximate surface area is 136 Å². The molecule has 0 radical (unpaired) electrons. The van der Waals surface area contributed by atoms with E-state index in [1.54, 1.807) is 0 Å². The number of nitrogens with zero attached hydrogens (tertiary/aromatic N) is 2. The molecule has 2 N–H and O–H groups in total. The lowest BCUT2D eigenvalue weighted by Gasteiger charge is -2.12. The number of rotatable bonds is 4. The Kier molecular flexibility index (Phi) is 4.24. The summed E-state index contributed by atoms with van der Waals surface area (Å²) in [6.07, 6.45) is 0. The first-order valence-electron chi connectivity index (χ1n) is 7.62. The fourth-order valence-corrected chi connectivity index (χ4v) is 2.46. The number of anilines is 4. The van der Waals surface area contributed by atoms with Crippen LogP contribution in [0.2, 0.25) is 0 Å². The summed E-state index contributed by atoms with van der Waals surface area (Å²) in [5.74, 6) is 2.28. The van der Waals surface area contributed by atoms with E-state index in [1.807, 2.05) is 43.3 Å². The van der Waals surface area contributed by atoms with E-state index >= 15 is 0 Å². The van der Waals surface area contributed by atoms with Crippen LogP contribution in [0.5, 0.6) is 0 Å². The zero-order valence-electron chi connectivity index (χ0n) is 13.6. The molecule has 0 aliphatic rings. The van der Waals surface area contributed by atoms with Gasteiger partial charge in [-0.15, -0.1) is 0 Å². The molecule has 23 heavy (non-hydrogen) atoms. The largest absolute Gasteiger partial charge is 0.340 e. The van der Waals surface area contributed by atoms with E-state index in [-0.39, 0.29) is 0 Å². The molecule has 0 fully saturated rings. The molecule has 4 heteroatoms. The molecule has 3 aromatic rings. The van der Waals surface area contributed by atoms with Crippen LogP contribution in [-0.2, 0) is 0 Å². The predicted octanol–water partition coefficient (Wildman–Crippen LogP) is 4.89. The van der Waals surface area contributed by atoms with Gasteiger partial charge < -0.3 is 10.6 Å². The fourth-order valence-electron chi connectivity index (χ4n) is 2.46. The maximum absolute atomic E-state index is 4.47. The molecule has 0 saturated carbocycles. The van der Waals surface area contributed by atoms with E-state index in [0.29, 0.717) is 0 Å². The Balaban J connectivity index is 1.85. The second-order valence-electron chi connectivity index (χ2n) is 5.62. The van der Waals surface area contributed by atoms with Crippen molar-refractivity contribution in [3.8, 4) is 0 Å². The summed E-state index contributed by atoms with van der Waals surface area (Å²) in [4.78, 5) is 8.92. The van der Waals surface area contributed by atoms with E-state index in [2.05, 4.69) is 52.6 Å². The molecule has 0 spiro atoms. The number of hydrogen-bond donors (Lipinski definition) is 2. The molecule has 0 unspecified atom stereocenters. The van der Waals surface area contributed by atoms with Gasteiger partial charge in [0.25, 0.3) is 0 Å². The Hall–Kier alpha value is -2.88. The highest BCUT2D eigenvalue weighted by Gasteiger charge is 2.05. The van der Waals surface area contributed by atoms with Crippen LogP contribution in [0.3, 0.4) is 0 Å². The summed E-state index contributed by atoms with van der Waals surface area (Å²) in [5.41, 5.74) is 4.50. The van der Waals surface area contributed by atoms with Gasteiger partial charge in [0.2, 0.25) is 0 Å². The van der Waals surface area contributed by atoms with Crippen molar-refractivity contribution >= 4 is 23.0 Å². The molecule has 2 aromatic carbocycles. The van der Waals surface area contributed by atoms with Crippen molar-refractivity contribution in [1.29, 1.82) is 0 Å². The Bertz CT molecular complexity index is 813. The first-order chi connectivity index (χ1) is 11.1. The molecule has 0 amide bonds. The number of nitrogens with one attached hydrogen (secondary N) is 2. The lowest BCUT2D eigenvalue weighted by atomic mass is 10.1. The summed E-state index contributed by atoms with van der Waals surface area (Å²) < 4.78 is 0. The van der Waals surface area contributed by atoms with E-state index in [0.717, 1.165) is 28.8 Å². The lowest BCUT2D eigenvalue weighted by Crippen LogP contribution is -2.02. The SMILES string of the molecule is Cc1ccc(Nc2cc(Nc3ccccc3)nc(C)n2)c(C)c1. The average Bonchev–Trinajstić information content (AvgIpc) is 2.50. The summed E-state index contributed by atoms with van der Waals surface area (Å²) >= 11 is 0. The molecule has 0 saturated heterocycles. The maximum atomic E-state index is 4.47. The van der Waals surface area contributed by atoms with Crippen molar-refractivity contribution in [2.45, 2.75) is 20.8 Å². The van der Waals surface area contributed by atoms with Crippen molar-refractivity contribution in [2.24, 2.45) is 0 Å². The highest BCUT2D eigenvalue weighted by atomic mass is 15.1. The van der Waals surface area contributed by atoms with Gasteiger partial charge in [-0.25, -0.2) is 9.97 Å². The minimum Gasteiger partial charge on any atom is -0.340 e. The monoisotopic (exact) mass is 304 g/mol. The van der Waals surface area contributed by atoms with Gasteiger partial charge in [0, 0.05) is 17.4 Å². The van der Waals surface area contributed by atoms with Gasteiger partial charge in [-0.1, -0.05) is 35.9 Å². The quantitative estimate of drug-likeness (QED) is 0.720. The standard InChI is InChI=1S/C19H20N4/c1-13-9-10-17(14(2)11-13)23-19-12-18(20-15(3)21-19)22-16-7-5-4-6-8-16/h4-12H,1-3H3,(H2,20,21,22,23). The van der Waals surface area contributed by atoms with Gasteiger partial charge in [-0.3, -0.25) is 0 Å². The molecule has 3 rings (SSSR count). The summed E-state index contributed by atoms with van der Waals surface area (Å²) in [6, 6.07) is 18.2. The number of hydrogen-bond acceptors (Lipinski definition) is 4. The van der Waals surface area contributed by atoms with Gasteiger partial charge in [0.05, 0.1) is 0 Å². The highest BCUT2D eigenvalue weighted by Crippen LogP contribution is 2.23. The van der Waals surface area contributed by atoms with E-state index in [1.165, 1.54) is 11.1 Å². The van der Waals surface area contributed by atoms with Gasteiger partial charge in [-0.2, -0.15) is 0 Å². The smallest absolute Gasteiger partial charge is 0.136 e. The van der Waals surface area contributed by atoms with Crippen LogP contribution in [-0.4, -0.2) is 9.97 Å². The van der Waals surface area contributed by atoms with E-state index in [4.69, 9.17) is 0 Å². The van der Waals surface area contributed by atoms with E-state index in [9.17, 15) is 0 Å². The minimum absolute atomic E-state index is 0.721. The van der Waals surface area contributed by atoms with Gasteiger partial charge in [-0.05, 0) is 44.5 Å². The molecular formula is C19H20N4.